The van der Waals surface area contributed by atoms with Crippen LogP contribution in [0.4, 0.5) is 19.0 Å². The van der Waals surface area contributed by atoms with Gasteiger partial charge in [0.15, 0.2) is 5.69 Å². The SMILES string of the molecule is CC(C)C(C)Nc1cc(C(F)(F)F)nc(Cl)n1. The van der Waals surface area contributed by atoms with Gasteiger partial charge >= 0.3 is 6.18 Å². The van der Waals surface area contributed by atoms with Gasteiger partial charge in [0.25, 0.3) is 0 Å². The molecule has 0 aliphatic heterocycles. The zero-order valence-corrected chi connectivity index (χ0v) is 10.4. The van der Waals surface area contributed by atoms with Gasteiger partial charge in [-0.2, -0.15) is 13.2 Å². The van der Waals surface area contributed by atoms with Crippen molar-refractivity contribution in [3.63, 3.8) is 0 Å². The van der Waals surface area contributed by atoms with Crippen molar-refractivity contribution in [2.24, 2.45) is 5.92 Å². The average Bonchev–Trinajstić information content (AvgIpc) is 2.15. The number of nitrogens with zero attached hydrogens (tertiary/aromatic N) is 2. The molecule has 7 heteroatoms. The minimum absolute atomic E-state index is 0.0120. The number of rotatable bonds is 3. The molecule has 3 nitrogen and oxygen atoms in total. The molecule has 0 fully saturated rings. The van der Waals surface area contributed by atoms with E-state index in [1.807, 2.05) is 20.8 Å². The minimum Gasteiger partial charge on any atom is -0.367 e. The molecular weight excluding hydrogens is 255 g/mol. The molecule has 0 aromatic carbocycles. The van der Waals surface area contributed by atoms with Gasteiger partial charge in [-0.1, -0.05) is 13.8 Å². The lowest BCUT2D eigenvalue weighted by atomic mass is 10.1. The summed E-state index contributed by atoms with van der Waals surface area (Å²) in [6, 6.07) is 0.840. The maximum atomic E-state index is 12.5. The Morgan fingerprint density at radius 3 is 2.29 bits per heavy atom. The topological polar surface area (TPSA) is 37.8 Å². The normalized spacial score (nSPS) is 13.9. The van der Waals surface area contributed by atoms with Crippen molar-refractivity contribution in [2.75, 3.05) is 5.32 Å². The first kappa shape index (κ1) is 14.0. The van der Waals surface area contributed by atoms with Crippen LogP contribution in [0, 0.1) is 5.92 Å². The molecule has 1 rings (SSSR count). The van der Waals surface area contributed by atoms with Crippen LogP contribution in [0.3, 0.4) is 0 Å². The Morgan fingerprint density at radius 2 is 1.82 bits per heavy atom. The number of alkyl halides is 3. The molecule has 0 aliphatic rings. The molecule has 1 unspecified atom stereocenters. The maximum absolute atomic E-state index is 12.5. The molecule has 1 N–H and O–H groups in total. The van der Waals surface area contributed by atoms with Crippen molar-refractivity contribution in [3.8, 4) is 0 Å². The van der Waals surface area contributed by atoms with E-state index in [9.17, 15) is 13.2 Å². The smallest absolute Gasteiger partial charge is 0.367 e. The van der Waals surface area contributed by atoms with Crippen LogP contribution in [0.5, 0.6) is 0 Å². The summed E-state index contributed by atoms with van der Waals surface area (Å²) in [5, 5.41) is 2.44. The third-order valence-electron chi connectivity index (χ3n) is 2.36. The summed E-state index contributed by atoms with van der Waals surface area (Å²) in [5.74, 6) is 0.344. The molecule has 0 bridgehead atoms. The predicted molar refractivity (Wildman–Crippen MR) is 60.0 cm³/mol. The van der Waals surface area contributed by atoms with E-state index in [4.69, 9.17) is 11.6 Å². The van der Waals surface area contributed by atoms with Gasteiger partial charge < -0.3 is 5.32 Å². The predicted octanol–water partition coefficient (Wildman–Crippen LogP) is 3.61. The quantitative estimate of drug-likeness (QED) is 0.850. The van der Waals surface area contributed by atoms with Crippen molar-refractivity contribution in [3.05, 3.63) is 17.0 Å². The second kappa shape index (κ2) is 5.08. The lowest BCUT2D eigenvalue weighted by Crippen LogP contribution is -2.23. The monoisotopic (exact) mass is 267 g/mol. The van der Waals surface area contributed by atoms with Crippen LogP contribution in [0.1, 0.15) is 26.5 Å². The number of nitrogens with one attached hydrogen (secondary N) is 1. The Hall–Kier alpha value is -1.04. The van der Waals surface area contributed by atoms with E-state index < -0.39 is 17.2 Å². The summed E-state index contributed by atoms with van der Waals surface area (Å²) in [5.41, 5.74) is -1.05. The largest absolute Gasteiger partial charge is 0.433 e. The van der Waals surface area contributed by atoms with Crippen molar-refractivity contribution in [1.82, 2.24) is 9.97 Å². The Kier molecular flexibility index (Phi) is 4.19. The fourth-order valence-electron chi connectivity index (χ4n) is 1.04. The third-order valence-corrected chi connectivity index (χ3v) is 2.53. The van der Waals surface area contributed by atoms with Crippen LogP contribution < -0.4 is 5.32 Å². The van der Waals surface area contributed by atoms with Crippen LogP contribution in [0.25, 0.3) is 0 Å². The lowest BCUT2D eigenvalue weighted by Gasteiger charge is -2.18. The standard InChI is InChI=1S/C10H13ClF3N3/c1-5(2)6(3)15-8-4-7(10(12,13)14)16-9(11)17-8/h4-6H,1-3H3,(H,15,16,17). The molecule has 1 atom stereocenters. The highest BCUT2D eigenvalue weighted by molar-refractivity contribution is 6.28. The van der Waals surface area contributed by atoms with Crippen molar-refractivity contribution >= 4 is 17.4 Å². The van der Waals surface area contributed by atoms with Gasteiger partial charge in [-0.3, -0.25) is 0 Å². The molecule has 1 heterocycles. The molecule has 0 amide bonds. The van der Waals surface area contributed by atoms with Crippen LogP contribution in [0.2, 0.25) is 5.28 Å². The van der Waals surface area contributed by atoms with Crippen LogP contribution in [-0.2, 0) is 6.18 Å². The lowest BCUT2D eigenvalue weighted by molar-refractivity contribution is -0.141. The van der Waals surface area contributed by atoms with Gasteiger partial charge in [-0.05, 0) is 24.4 Å². The van der Waals surface area contributed by atoms with Crippen LogP contribution in [0.15, 0.2) is 6.07 Å². The molecule has 0 spiro atoms. The molecular formula is C10H13ClF3N3. The zero-order valence-electron chi connectivity index (χ0n) is 9.64. The highest BCUT2D eigenvalue weighted by Crippen LogP contribution is 2.29. The van der Waals surface area contributed by atoms with E-state index in [1.165, 1.54) is 0 Å². The zero-order chi connectivity index (χ0) is 13.2. The van der Waals surface area contributed by atoms with E-state index >= 15 is 0 Å². The molecule has 1 aromatic heterocycles. The first-order valence-electron chi connectivity index (χ1n) is 5.08. The van der Waals surface area contributed by atoms with E-state index in [-0.39, 0.29) is 17.8 Å². The van der Waals surface area contributed by atoms with Gasteiger partial charge in [-0.15, -0.1) is 0 Å². The molecule has 0 radical (unpaired) electrons. The highest BCUT2D eigenvalue weighted by atomic mass is 35.5. The van der Waals surface area contributed by atoms with Crippen LogP contribution in [-0.4, -0.2) is 16.0 Å². The first-order chi connectivity index (χ1) is 7.70. The molecule has 0 saturated heterocycles. The number of hydrogen-bond donors (Lipinski definition) is 1. The Morgan fingerprint density at radius 1 is 1.24 bits per heavy atom. The van der Waals surface area contributed by atoms with Gasteiger partial charge in [0.05, 0.1) is 0 Å². The molecule has 17 heavy (non-hydrogen) atoms. The third kappa shape index (κ3) is 4.03. The summed E-state index contributed by atoms with van der Waals surface area (Å²) in [6.07, 6.45) is -4.52. The molecule has 1 aromatic rings. The van der Waals surface area contributed by atoms with Gasteiger partial charge in [-0.25, -0.2) is 9.97 Å². The van der Waals surface area contributed by atoms with Crippen molar-refractivity contribution < 1.29 is 13.2 Å². The highest BCUT2D eigenvalue weighted by Gasteiger charge is 2.33. The second-order valence-electron chi connectivity index (χ2n) is 4.08. The van der Waals surface area contributed by atoms with Gasteiger partial charge in [0.2, 0.25) is 5.28 Å². The first-order valence-corrected chi connectivity index (χ1v) is 5.46. The van der Waals surface area contributed by atoms with Gasteiger partial charge in [0.1, 0.15) is 5.82 Å². The van der Waals surface area contributed by atoms with Crippen molar-refractivity contribution in [2.45, 2.75) is 33.0 Å². The minimum atomic E-state index is -4.52. The Balaban J connectivity index is 2.98. The Labute approximate surface area is 102 Å². The van der Waals surface area contributed by atoms with E-state index in [0.29, 0.717) is 0 Å². The van der Waals surface area contributed by atoms with Crippen LogP contribution >= 0.6 is 11.6 Å². The summed E-state index contributed by atoms with van der Waals surface area (Å²) in [6.45, 7) is 5.75. The second-order valence-corrected chi connectivity index (χ2v) is 4.42. The van der Waals surface area contributed by atoms with E-state index in [2.05, 4.69) is 15.3 Å². The fourth-order valence-corrected chi connectivity index (χ4v) is 1.22. The number of aromatic nitrogens is 2. The molecule has 0 saturated carbocycles. The summed E-state index contributed by atoms with van der Waals surface area (Å²) < 4.78 is 37.4. The molecule has 96 valence electrons. The van der Waals surface area contributed by atoms with E-state index in [0.717, 1.165) is 6.07 Å². The number of anilines is 1. The molecule has 0 aliphatic carbocycles. The van der Waals surface area contributed by atoms with Gasteiger partial charge in [0, 0.05) is 12.1 Å². The summed E-state index contributed by atoms with van der Waals surface area (Å²) in [4.78, 5) is 6.86. The number of halogens is 4. The summed E-state index contributed by atoms with van der Waals surface area (Å²) >= 11 is 5.46. The average molecular weight is 268 g/mol. The maximum Gasteiger partial charge on any atom is 0.433 e. The number of hydrogen-bond acceptors (Lipinski definition) is 3. The van der Waals surface area contributed by atoms with Crippen molar-refractivity contribution in [1.29, 1.82) is 0 Å². The summed E-state index contributed by atoms with van der Waals surface area (Å²) in [7, 11) is 0. The van der Waals surface area contributed by atoms with E-state index in [1.54, 1.807) is 0 Å². The fraction of sp³-hybridized carbons (Fsp3) is 0.600. The Bertz CT molecular complexity index is 393.